The van der Waals surface area contributed by atoms with Gasteiger partial charge in [0.2, 0.25) is 6.41 Å². The average molecular weight is 310 g/mol. The molecule has 1 aromatic rings. The number of aliphatic hydroxyl groups is 1. The van der Waals surface area contributed by atoms with E-state index in [1.54, 1.807) is 18.0 Å². The summed E-state index contributed by atoms with van der Waals surface area (Å²) in [5, 5.41) is 9.13. The third-order valence-corrected chi connectivity index (χ3v) is 3.48. The number of thiol groups is 1. The summed E-state index contributed by atoms with van der Waals surface area (Å²) in [6.07, 6.45) is 3.63. The molecule has 0 aliphatic heterocycles. The van der Waals surface area contributed by atoms with Gasteiger partial charge < -0.3 is 15.7 Å². The minimum atomic E-state index is 0.0446. The maximum absolute atomic E-state index is 11.4. The molecular weight excluding hydrogens is 288 g/mol. The van der Waals surface area contributed by atoms with Gasteiger partial charge in [-0.25, -0.2) is 9.97 Å². The number of anilines is 1. The first kappa shape index (κ1) is 17.5. The molecule has 116 valence electrons. The fraction of sp³-hybridized carbons (Fsp3) is 0.500. The van der Waals surface area contributed by atoms with E-state index in [-0.39, 0.29) is 6.61 Å². The number of amides is 1. The van der Waals surface area contributed by atoms with Crippen LogP contribution in [0.1, 0.15) is 31.2 Å². The third kappa shape index (κ3) is 5.02. The van der Waals surface area contributed by atoms with E-state index in [1.807, 2.05) is 6.92 Å². The van der Waals surface area contributed by atoms with Crippen molar-refractivity contribution in [2.24, 2.45) is 0 Å². The van der Waals surface area contributed by atoms with Crippen molar-refractivity contribution in [2.45, 2.75) is 33.2 Å². The molecular formula is C14H22N4O2S. The number of nitrogens with two attached hydrogens (primary N) is 1. The number of allylic oxidation sites excluding steroid dienone is 1. The molecule has 0 spiro atoms. The highest BCUT2D eigenvalue weighted by molar-refractivity contribution is 7.80. The molecule has 0 bridgehead atoms. The van der Waals surface area contributed by atoms with Crippen LogP contribution in [0, 0.1) is 6.92 Å². The second-order valence-electron chi connectivity index (χ2n) is 4.70. The number of carbonyl (C=O) groups excluding carboxylic acids is 1. The highest BCUT2D eigenvalue weighted by Gasteiger charge is 2.13. The number of aliphatic hydroxyl groups excluding tert-OH is 1. The van der Waals surface area contributed by atoms with Gasteiger partial charge in [-0.15, -0.1) is 0 Å². The van der Waals surface area contributed by atoms with E-state index < -0.39 is 0 Å². The Bertz CT molecular complexity index is 512. The summed E-state index contributed by atoms with van der Waals surface area (Å²) in [5.41, 5.74) is 8.37. The van der Waals surface area contributed by atoms with Gasteiger partial charge in [0, 0.05) is 24.1 Å². The topological polar surface area (TPSA) is 92.3 Å². The predicted octanol–water partition coefficient (Wildman–Crippen LogP) is 1.30. The monoisotopic (exact) mass is 310 g/mol. The van der Waals surface area contributed by atoms with Crippen LogP contribution >= 0.6 is 12.6 Å². The van der Waals surface area contributed by atoms with Gasteiger partial charge in [-0.3, -0.25) is 4.79 Å². The van der Waals surface area contributed by atoms with Crippen LogP contribution in [0.25, 0.3) is 0 Å². The molecule has 0 unspecified atom stereocenters. The Morgan fingerprint density at radius 2 is 2.24 bits per heavy atom. The van der Waals surface area contributed by atoms with E-state index in [0.29, 0.717) is 35.9 Å². The smallest absolute Gasteiger partial charge is 0.214 e. The highest BCUT2D eigenvalue weighted by atomic mass is 32.1. The SMILES string of the molecule is C/C(=C(\CCO)CCS)N(C=O)Cc1cnc(C)nc1N. The van der Waals surface area contributed by atoms with Crippen LogP contribution in [0.5, 0.6) is 0 Å². The van der Waals surface area contributed by atoms with Crippen molar-refractivity contribution in [2.75, 3.05) is 18.1 Å². The van der Waals surface area contributed by atoms with Crippen LogP contribution in [0.4, 0.5) is 5.82 Å². The average Bonchev–Trinajstić information content (AvgIpc) is 2.45. The fourth-order valence-corrected chi connectivity index (χ4v) is 2.28. The Hall–Kier alpha value is -1.60. The van der Waals surface area contributed by atoms with Crippen molar-refractivity contribution < 1.29 is 9.90 Å². The number of nitrogen functional groups attached to an aromatic ring is 1. The van der Waals surface area contributed by atoms with Gasteiger partial charge >= 0.3 is 0 Å². The van der Waals surface area contributed by atoms with Crippen LogP contribution < -0.4 is 5.73 Å². The van der Waals surface area contributed by atoms with Crippen molar-refractivity contribution in [3.05, 3.63) is 28.9 Å². The van der Waals surface area contributed by atoms with E-state index in [1.165, 1.54) is 0 Å². The number of hydrogen-bond donors (Lipinski definition) is 3. The minimum absolute atomic E-state index is 0.0446. The van der Waals surface area contributed by atoms with Gasteiger partial charge in [-0.05, 0) is 38.0 Å². The predicted molar refractivity (Wildman–Crippen MR) is 85.7 cm³/mol. The molecule has 1 rings (SSSR count). The lowest BCUT2D eigenvalue weighted by molar-refractivity contribution is -0.117. The molecule has 1 aromatic heterocycles. The summed E-state index contributed by atoms with van der Waals surface area (Å²) in [4.78, 5) is 21.1. The maximum atomic E-state index is 11.4. The summed E-state index contributed by atoms with van der Waals surface area (Å²) in [7, 11) is 0. The van der Waals surface area contributed by atoms with Gasteiger partial charge in [0.15, 0.2) is 0 Å². The molecule has 0 saturated carbocycles. The van der Waals surface area contributed by atoms with Gasteiger partial charge in [0.25, 0.3) is 0 Å². The van der Waals surface area contributed by atoms with E-state index in [9.17, 15) is 4.79 Å². The van der Waals surface area contributed by atoms with Crippen molar-refractivity contribution in [3.63, 3.8) is 0 Å². The van der Waals surface area contributed by atoms with E-state index in [2.05, 4.69) is 22.6 Å². The summed E-state index contributed by atoms with van der Waals surface area (Å²) >= 11 is 4.21. The molecule has 0 aliphatic carbocycles. The zero-order chi connectivity index (χ0) is 15.8. The largest absolute Gasteiger partial charge is 0.396 e. The number of aryl methyl sites for hydroxylation is 1. The lowest BCUT2D eigenvalue weighted by Crippen LogP contribution is -2.22. The summed E-state index contributed by atoms with van der Waals surface area (Å²) < 4.78 is 0. The lowest BCUT2D eigenvalue weighted by Gasteiger charge is -2.22. The molecule has 1 amide bonds. The van der Waals surface area contributed by atoms with Crippen LogP contribution in [0.2, 0.25) is 0 Å². The Labute approximate surface area is 130 Å². The van der Waals surface area contributed by atoms with Crippen molar-refractivity contribution in [3.8, 4) is 0 Å². The summed E-state index contributed by atoms with van der Waals surface area (Å²) in [6.45, 7) is 3.97. The second kappa shape index (κ2) is 8.63. The Kier molecular flexibility index (Phi) is 7.18. The molecule has 0 aromatic carbocycles. The number of nitrogens with zero attached hydrogens (tertiary/aromatic N) is 3. The van der Waals surface area contributed by atoms with Crippen molar-refractivity contribution in [1.29, 1.82) is 0 Å². The van der Waals surface area contributed by atoms with Crippen LogP contribution in [-0.4, -0.2) is 38.7 Å². The molecule has 3 N–H and O–H groups in total. The first-order chi connectivity index (χ1) is 10.0. The Morgan fingerprint density at radius 3 is 2.76 bits per heavy atom. The normalized spacial score (nSPS) is 12.0. The number of rotatable bonds is 8. The molecule has 1 heterocycles. The number of carbonyl (C=O) groups is 1. The lowest BCUT2D eigenvalue weighted by atomic mass is 10.1. The molecule has 7 heteroatoms. The maximum Gasteiger partial charge on any atom is 0.214 e. The van der Waals surface area contributed by atoms with Gasteiger partial charge in [0.1, 0.15) is 11.6 Å². The fourth-order valence-electron chi connectivity index (χ4n) is 2.01. The first-order valence-electron chi connectivity index (χ1n) is 6.73. The van der Waals surface area contributed by atoms with E-state index in [4.69, 9.17) is 10.8 Å². The second-order valence-corrected chi connectivity index (χ2v) is 5.14. The molecule has 0 atom stereocenters. The molecule has 21 heavy (non-hydrogen) atoms. The molecule has 0 saturated heterocycles. The Morgan fingerprint density at radius 1 is 1.52 bits per heavy atom. The van der Waals surface area contributed by atoms with Crippen LogP contribution in [0.3, 0.4) is 0 Å². The Balaban J connectivity index is 3.00. The molecule has 6 nitrogen and oxygen atoms in total. The molecule has 0 fully saturated rings. The van der Waals surface area contributed by atoms with Crippen LogP contribution in [0.15, 0.2) is 17.5 Å². The van der Waals surface area contributed by atoms with Crippen LogP contribution in [-0.2, 0) is 11.3 Å². The van der Waals surface area contributed by atoms with Gasteiger partial charge in [-0.1, -0.05) is 0 Å². The summed E-state index contributed by atoms with van der Waals surface area (Å²) in [6, 6.07) is 0. The third-order valence-electron chi connectivity index (χ3n) is 3.26. The summed E-state index contributed by atoms with van der Waals surface area (Å²) in [5.74, 6) is 1.63. The quantitative estimate of drug-likeness (QED) is 0.497. The first-order valence-corrected chi connectivity index (χ1v) is 7.37. The van der Waals surface area contributed by atoms with Crippen molar-refractivity contribution in [1.82, 2.24) is 14.9 Å². The van der Waals surface area contributed by atoms with Gasteiger partial charge in [-0.2, -0.15) is 12.6 Å². The molecule has 0 aliphatic rings. The number of hydrogen-bond acceptors (Lipinski definition) is 6. The van der Waals surface area contributed by atoms with Crippen molar-refractivity contribution >= 4 is 24.9 Å². The van der Waals surface area contributed by atoms with E-state index in [0.717, 1.165) is 24.1 Å². The zero-order valence-electron chi connectivity index (χ0n) is 12.4. The minimum Gasteiger partial charge on any atom is -0.396 e. The zero-order valence-corrected chi connectivity index (χ0v) is 13.3. The molecule has 0 radical (unpaired) electrons. The van der Waals surface area contributed by atoms with Gasteiger partial charge in [0.05, 0.1) is 6.54 Å². The highest BCUT2D eigenvalue weighted by Crippen LogP contribution is 2.19. The standard InChI is InChI=1S/C14H22N4O2S/c1-10(12(3-5-19)4-6-21)18(9-20)8-13-7-16-11(2)17-14(13)15/h7,9,19,21H,3-6,8H2,1-2H3,(H2,15,16,17)/b12-10-. The number of aromatic nitrogens is 2. The van der Waals surface area contributed by atoms with E-state index >= 15 is 0 Å².